The number of rotatable bonds is 1. The van der Waals surface area contributed by atoms with E-state index in [-0.39, 0.29) is 0 Å². The minimum Gasteiger partial charge on any atom is -0.248 e. The molecule has 2 aromatic rings. The molecule has 0 fully saturated rings. The Morgan fingerprint density at radius 1 is 1.31 bits per heavy atom. The Balaban J connectivity index is 2.57. The first kappa shape index (κ1) is 8.90. The molecule has 3 nitrogen and oxygen atoms in total. The SMILES string of the molecule is Brc1cc(-n2cccn2)c(Br)cn1. The van der Waals surface area contributed by atoms with Crippen molar-refractivity contribution in [3.05, 3.63) is 39.8 Å². The largest absolute Gasteiger partial charge is 0.248 e. The van der Waals surface area contributed by atoms with Crippen LogP contribution >= 0.6 is 31.9 Å². The van der Waals surface area contributed by atoms with E-state index in [1.165, 1.54) is 0 Å². The van der Waals surface area contributed by atoms with Crippen molar-refractivity contribution in [3.63, 3.8) is 0 Å². The molecule has 0 amide bonds. The van der Waals surface area contributed by atoms with Crippen molar-refractivity contribution in [2.45, 2.75) is 0 Å². The highest BCUT2D eigenvalue weighted by Crippen LogP contribution is 2.21. The van der Waals surface area contributed by atoms with Crippen molar-refractivity contribution in [1.29, 1.82) is 0 Å². The summed E-state index contributed by atoms with van der Waals surface area (Å²) in [5.74, 6) is 0. The zero-order chi connectivity index (χ0) is 9.26. The second kappa shape index (κ2) is 3.59. The standard InChI is InChI=1S/C8H5Br2N3/c9-6-5-11-8(10)4-7(6)13-3-1-2-12-13/h1-5H. The van der Waals surface area contributed by atoms with Gasteiger partial charge in [-0.2, -0.15) is 5.10 Å². The van der Waals surface area contributed by atoms with Gasteiger partial charge in [-0.25, -0.2) is 9.67 Å². The molecule has 5 heteroatoms. The van der Waals surface area contributed by atoms with Crippen LogP contribution in [0.1, 0.15) is 0 Å². The third-order valence-electron chi connectivity index (χ3n) is 1.55. The van der Waals surface area contributed by atoms with E-state index in [0.29, 0.717) is 0 Å². The summed E-state index contributed by atoms with van der Waals surface area (Å²) < 4.78 is 3.48. The fraction of sp³-hybridized carbons (Fsp3) is 0. The Kier molecular flexibility index (Phi) is 2.46. The first-order valence-electron chi connectivity index (χ1n) is 3.58. The summed E-state index contributed by atoms with van der Waals surface area (Å²) >= 11 is 6.72. The van der Waals surface area contributed by atoms with E-state index in [0.717, 1.165) is 14.8 Å². The minimum absolute atomic E-state index is 0.793. The van der Waals surface area contributed by atoms with Crippen LogP contribution in [0.4, 0.5) is 0 Å². The molecule has 2 heterocycles. The summed E-state index contributed by atoms with van der Waals surface area (Å²) in [6.45, 7) is 0. The molecular weight excluding hydrogens is 298 g/mol. The first-order chi connectivity index (χ1) is 6.27. The number of pyridine rings is 1. The lowest BCUT2D eigenvalue weighted by molar-refractivity contribution is 0.871. The fourth-order valence-corrected chi connectivity index (χ4v) is 1.71. The Morgan fingerprint density at radius 2 is 2.15 bits per heavy atom. The zero-order valence-electron chi connectivity index (χ0n) is 6.48. The van der Waals surface area contributed by atoms with E-state index in [9.17, 15) is 0 Å². The Hall–Kier alpha value is -0.680. The summed E-state index contributed by atoms with van der Waals surface area (Å²) in [7, 11) is 0. The molecule has 0 aliphatic rings. The maximum absolute atomic E-state index is 4.13. The molecule has 13 heavy (non-hydrogen) atoms. The molecule has 0 bridgehead atoms. The van der Waals surface area contributed by atoms with E-state index < -0.39 is 0 Å². The second-order valence-electron chi connectivity index (χ2n) is 2.41. The summed E-state index contributed by atoms with van der Waals surface area (Å²) in [6.07, 6.45) is 5.36. The van der Waals surface area contributed by atoms with Gasteiger partial charge in [0.25, 0.3) is 0 Å². The Morgan fingerprint density at radius 3 is 2.85 bits per heavy atom. The molecule has 0 unspecified atom stereocenters. The van der Waals surface area contributed by atoms with E-state index in [4.69, 9.17) is 0 Å². The molecule has 0 saturated carbocycles. The van der Waals surface area contributed by atoms with Crippen LogP contribution in [0.5, 0.6) is 0 Å². The predicted octanol–water partition coefficient (Wildman–Crippen LogP) is 2.79. The Bertz CT molecular complexity index is 411. The smallest absolute Gasteiger partial charge is 0.108 e. The van der Waals surface area contributed by atoms with Gasteiger partial charge in [-0.05, 0) is 44.0 Å². The molecule has 2 aromatic heterocycles. The number of hydrogen-bond acceptors (Lipinski definition) is 2. The summed E-state index contributed by atoms with van der Waals surface area (Å²) in [5.41, 5.74) is 0.965. The molecule has 0 saturated heterocycles. The number of hydrogen-bond donors (Lipinski definition) is 0. The third kappa shape index (κ3) is 1.81. The molecule has 0 aliphatic carbocycles. The van der Waals surface area contributed by atoms with Crippen LogP contribution in [0.3, 0.4) is 0 Å². The molecule has 0 radical (unpaired) electrons. The van der Waals surface area contributed by atoms with E-state index in [1.807, 2.05) is 18.3 Å². The fourth-order valence-electron chi connectivity index (χ4n) is 0.990. The number of halogens is 2. The maximum atomic E-state index is 4.13. The van der Waals surface area contributed by atoms with Gasteiger partial charge in [-0.1, -0.05) is 0 Å². The van der Waals surface area contributed by atoms with Crippen molar-refractivity contribution in [1.82, 2.24) is 14.8 Å². The normalized spacial score (nSPS) is 10.3. The van der Waals surface area contributed by atoms with Crippen molar-refractivity contribution in [3.8, 4) is 5.69 Å². The highest BCUT2D eigenvalue weighted by atomic mass is 79.9. The van der Waals surface area contributed by atoms with Crippen LogP contribution in [0, 0.1) is 0 Å². The quantitative estimate of drug-likeness (QED) is 0.759. The lowest BCUT2D eigenvalue weighted by atomic mass is 10.4. The van der Waals surface area contributed by atoms with E-state index >= 15 is 0 Å². The van der Waals surface area contributed by atoms with Crippen LogP contribution in [0.2, 0.25) is 0 Å². The Labute approximate surface area is 92.1 Å². The molecule has 0 aromatic carbocycles. The van der Waals surface area contributed by atoms with Gasteiger partial charge in [0.1, 0.15) is 4.60 Å². The van der Waals surface area contributed by atoms with Crippen LogP contribution < -0.4 is 0 Å². The van der Waals surface area contributed by atoms with Crippen molar-refractivity contribution in [2.24, 2.45) is 0 Å². The van der Waals surface area contributed by atoms with Crippen LogP contribution in [0.25, 0.3) is 5.69 Å². The molecule has 0 atom stereocenters. The summed E-state index contributed by atoms with van der Waals surface area (Å²) in [6, 6.07) is 3.78. The predicted molar refractivity (Wildman–Crippen MR) is 56.8 cm³/mol. The molecule has 0 aliphatic heterocycles. The average molecular weight is 303 g/mol. The molecule has 66 valence electrons. The van der Waals surface area contributed by atoms with Gasteiger partial charge in [0, 0.05) is 18.6 Å². The second-order valence-corrected chi connectivity index (χ2v) is 4.08. The summed E-state index contributed by atoms with van der Waals surface area (Å²) in [4.78, 5) is 4.08. The van der Waals surface area contributed by atoms with Gasteiger partial charge in [-0.15, -0.1) is 0 Å². The zero-order valence-corrected chi connectivity index (χ0v) is 9.66. The lowest BCUT2D eigenvalue weighted by Crippen LogP contribution is -1.96. The van der Waals surface area contributed by atoms with Crippen molar-refractivity contribution < 1.29 is 0 Å². The van der Waals surface area contributed by atoms with Gasteiger partial charge in [0.15, 0.2) is 0 Å². The first-order valence-corrected chi connectivity index (χ1v) is 5.17. The number of aromatic nitrogens is 3. The van der Waals surface area contributed by atoms with Gasteiger partial charge < -0.3 is 0 Å². The van der Waals surface area contributed by atoms with E-state index in [1.54, 1.807) is 17.1 Å². The molecule has 2 rings (SSSR count). The molecule has 0 spiro atoms. The minimum atomic E-state index is 0.793. The van der Waals surface area contributed by atoms with Gasteiger partial charge in [0.2, 0.25) is 0 Å². The molecular formula is C8H5Br2N3. The van der Waals surface area contributed by atoms with Gasteiger partial charge in [-0.3, -0.25) is 0 Å². The highest BCUT2D eigenvalue weighted by molar-refractivity contribution is 9.11. The van der Waals surface area contributed by atoms with Crippen molar-refractivity contribution >= 4 is 31.9 Å². The van der Waals surface area contributed by atoms with Gasteiger partial charge in [0.05, 0.1) is 10.2 Å². The van der Waals surface area contributed by atoms with E-state index in [2.05, 4.69) is 41.9 Å². The van der Waals surface area contributed by atoms with Gasteiger partial charge >= 0.3 is 0 Å². The topological polar surface area (TPSA) is 30.7 Å². The highest BCUT2D eigenvalue weighted by Gasteiger charge is 2.03. The lowest BCUT2D eigenvalue weighted by Gasteiger charge is -2.03. The third-order valence-corrected chi connectivity index (χ3v) is 2.60. The molecule has 0 N–H and O–H groups in total. The van der Waals surface area contributed by atoms with Crippen LogP contribution in [0.15, 0.2) is 39.8 Å². The van der Waals surface area contributed by atoms with Crippen molar-refractivity contribution in [2.75, 3.05) is 0 Å². The average Bonchev–Trinajstić information content (AvgIpc) is 2.61. The van der Waals surface area contributed by atoms with Crippen LogP contribution in [-0.2, 0) is 0 Å². The number of nitrogens with zero attached hydrogens (tertiary/aromatic N) is 3. The maximum Gasteiger partial charge on any atom is 0.108 e. The monoisotopic (exact) mass is 301 g/mol. The van der Waals surface area contributed by atoms with Crippen LogP contribution in [-0.4, -0.2) is 14.8 Å². The summed E-state index contributed by atoms with van der Waals surface area (Å²) in [5, 5.41) is 4.13.